The van der Waals surface area contributed by atoms with E-state index >= 15 is 0 Å². The van der Waals surface area contributed by atoms with Gasteiger partial charge in [-0.2, -0.15) is 0 Å². The lowest BCUT2D eigenvalue weighted by Crippen LogP contribution is -2.35. The van der Waals surface area contributed by atoms with Crippen molar-refractivity contribution in [2.24, 2.45) is 5.73 Å². The smallest absolute Gasteiger partial charge is 0.146 e. The minimum absolute atomic E-state index is 0.0987. The van der Waals surface area contributed by atoms with E-state index in [1.165, 1.54) is 6.07 Å². The lowest BCUT2D eigenvalue weighted by atomic mass is 10.2. The van der Waals surface area contributed by atoms with Crippen LogP contribution in [0.25, 0.3) is 0 Å². The highest BCUT2D eigenvalue weighted by atomic mass is 35.5. The maximum absolute atomic E-state index is 13.8. The molecule has 0 atom stereocenters. The zero-order chi connectivity index (χ0) is 13.2. The second-order valence-electron chi connectivity index (χ2n) is 4.86. The van der Waals surface area contributed by atoms with Crippen molar-refractivity contribution in [3.8, 4) is 0 Å². The van der Waals surface area contributed by atoms with Gasteiger partial charge >= 0.3 is 0 Å². The van der Waals surface area contributed by atoms with E-state index in [0.29, 0.717) is 44.6 Å². The fraction of sp³-hybridized carbons (Fsp3) is 0.538. The molecular formula is C13H17ClF2N2. The number of nitrogens with two attached hydrogens (primary N) is 1. The van der Waals surface area contributed by atoms with Gasteiger partial charge in [0, 0.05) is 31.7 Å². The molecule has 2 nitrogen and oxygen atoms in total. The lowest BCUT2D eigenvalue weighted by Gasteiger charge is -2.23. The normalized spacial score (nSPS) is 17.2. The molecule has 0 aromatic heterocycles. The fourth-order valence-corrected chi connectivity index (χ4v) is 2.20. The Bertz CT molecular complexity index is 421. The van der Waals surface area contributed by atoms with Gasteiger partial charge in [-0.05, 0) is 18.9 Å². The number of rotatable bonds is 6. The van der Waals surface area contributed by atoms with Gasteiger partial charge in [0.1, 0.15) is 11.5 Å². The van der Waals surface area contributed by atoms with E-state index in [0.717, 1.165) is 0 Å². The van der Waals surface area contributed by atoms with E-state index in [1.54, 1.807) is 12.1 Å². The maximum Gasteiger partial charge on any atom is 0.146 e. The third-order valence-corrected chi connectivity index (χ3v) is 3.46. The summed E-state index contributed by atoms with van der Waals surface area (Å²) in [6.45, 7) is 1.64. The van der Waals surface area contributed by atoms with Crippen LogP contribution in [0.5, 0.6) is 0 Å². The van der Waals surface area contributed by atoms with Crippen LogP contribution in [0.4, 0.5) is 8.78 Å². The molecule has 1 aliphatic rings. The summed E-state index contributed by atoms with van der Waals surface area (Å²) in [4.78, 5) is 1.85. The van der Waals surface area contributed by atoms with E-state index in [4.69, 9.17) is 17.3 Å². The first kappa shape index (κ1) is 13.7. The molecular weight excluding hydrogens is 258 g/mol. The zero-order valence-electron chi connectivity index (χ0n) is 10.1. The minimum Gasteiger partial charge on any atom is -0.329 e. The van der Waals surface area contributed by atoms with E-state index < -0.39 is 11.5 Å². The van der Waals surface area contributed by atoms with Crippen molar-refractivity contribution in [2.45, 2.75) is 25.1 Å². The molecule has 0 aliphatic heterocycles. The van der Waals surface area contributed by atoms with E-state index in [9.17, 15) is 8.78 Å². The summed E-state index contributed by atoms with van der Waals surface area (Å²) in [5.74, 6) is -0.426. The lowest BCUT2D eigenvalue weighted by molar-refractivity contribution is 0.171. The van der Waals surface area contributed by atoms with E-state index in [2.05, 4.69) is 0 Å². The molecule has 1 aromatic carbocycles. The molecule has 0 radical (unpaired) electrons. The monoisotopic (exact) mass is 274 g/mol. The summed E-state index contributed by atoms with van der Waals surface area (Å²) < 4.78 is 27.5. The summed E-state index contributed by atoms with van der Waals surface area (Å²) in [7, 11) is 0. The first-order valence-corrected chi connectivity index (χ1v) is 6.46. The molecule has 1 aromatic rings. The van der Waals surface area contributed by atoms with Crippen LogP contribution >= 0.6 is 11.6 Å². The van der Waals surface area contributed by atoms with Crippen LogP contribution in [-0.4, -0.2) is 30.2 Å². The Morgan fingerprint density at radius 1 is 1.39 bits per heavy atom. The van der Waals surface area contributed by atoms with Crippen molar-refractivity contribution in [1.82, 2.24) is 4.90 Å². The van der Waals surface area contributed by atoms with Crippen molar-refractivity contribution < 1.29 is 8.78 Å². The molecule has 0 amide bonds. The van der Waals surface area contributed by atoms with Crippen LogP contribution in [0.15, 0.2) is 18.2 Å². The van der Waals surface area contributed by atoms with Crippen LogP contribution in [0.2, 0.25) is 5.02 Å². The van der Waals surface area contributed by atoms with Gasteiger partial charge in [0.25, 0.3) is 0 Å². The predicted molar refractivity (Wildman–Crippen MR) is 68.8 cm³/mol. The Labute approximate surface area is 111 Å². The molecule has 5 heteroatoms. The standard InChI is InChI=1S/C13H17ClF2N2/c14-11-3-1-2-10(12(11)15)8-18(7-6-17)9-13(16)4-5-13/h1-3H,4-9,17H2. The van der Waals surface area contributed by atoms with E-state index in [1.807, 2.05) is 4.90 Å². The van der Waals surface area contributed by atoms with Gasteiger partial charge in [-0.25, -0.2) is 8.78 Å². The topological polar surface area (TPSA) is 29.3 Å². The minimum atomic E-state index is -1.09. The molecule has 0 heterocycles. The van der Waals surface area contributed by atoms with Crippen LogP contribution in [-0.2, 0) is 6.54 Å². The number of hydrogen-bond donors (Lipinski definition) is 1. The maximum atomic E-state index is 13.8. The highest BCUT2D eigenvalue weighted by Crippen LogP contribution is 2.40. The Balaban J connectivity index is 2.05. The second-order valence-corrected chi connectivity index (χ2v) is 5.27. The number of halogens is 3. The summed E-state index contributed by atoms with van der Waals surface area (Å²) >= 11 is 5.73. The zero-order valence-corrected chi connectivity index (χ0v) is 10.9. The molecule has 0 bridgehead atoms. The van der Waals surface area contributed by atoms with Crippen molar-refractivity contribution in [1.29, 1.82) is 0 Å². The molecule has 0 spiro atoms. The summed E-state index contributed by atoms with van der Waals surface area (Å²) in [5, 5.41) is 0.0987. The second kappa shape index (κ2) is 5.51. The summed E-state index contributed by atoms with van der Waals surface area (Å²) in [5.41, 5.74) is 4.90. The van der Waals surface area contributed by atoms with Crippen LogP contribution < -0.4 is 5.73 Å². The quantitative estimate of drug-likeness (QED) is 0.864. The van der Waals surface area contributed by atoms with Gasteiger partial charge in [-0.15, -0.1) is 0 Å². The molecule has 0 saturated heterocycles. The van der Waals surface area contributed by atoms with Crippen molar-refractivity contribution in [3.05, 3.63) is 34.6 Å². The predicted octanol–water partition coefficient (Wildman–Crippen LogP) is 2.74. The number of benzene rings is 1. The molecule has 2 N–H and O–H groups in total. The van der Waals surface area contributed by atoms with Gasteiger partial charge in [0.15, 0.2) is 0 Å². The van der Waals surface area contributed by atoms with Gasteiger partial charge < -0.3 is 5.73 Å². The van der Waals surface area contributed by atoms with Crippen LogP contribution in [0.1, 0.15) is 18.4 Å². The first-order chi connectivity index (χ1) is 8.54. The third-order valence-electron chi connectivity index (χ3n) is 3.17. The van der Waals surface area contributed by atoms with Crippen LogP contribution in [0, 0.1) is 5.82 Å². The molecule has 0 unspecified atom stereocenters. The summed E-state index contributed by atoms with van der Waals surface area (Å²) in [6.07, 6.45) is 1.18. The molecule has 18 heavy (non-hydrogen) atoms. The third kappa shape index (κ3) is 3.40. The highest BCUT2D eigenvalue weighted by molar-refractivity contribution is 6.30. The molecule has 1 fully saturated rings. The highest BCUT2D eigenvalue weighted by Gasteiger charge is 2.44. The largest absolute Gasteiger partial charge is 0.329 e. The molecule has 1 aliphatic carbocycles. The number of alkyl halides is 1. The Morgan fingerprint density at radius 3 is 2.72 bits per heavy atom. The number of nitrogens with zero attached hydrogens (tertiary/aromatic N) is 1. The molecule has 100 valence electrons. The SMILES string of the molecule is NCCN(Cc1cccc(Cl)c1F)CC1(F)CC1. The summed E-state index contributed by atoms with van der Waals surface area (Å²) in [6, 6.07) is 4.87. The van der Waals surface area contributed by atoms with Crippen LogP contribution in [0.3, 0.4) is 0 Å². The van der Waals surface area contributed by atoms with Gasteiger partial charge in [0.2, 0.25) is 0 Å². The van der Waals surface area contributed by atoms with Gasteiger partial charge in [-0.3, -0.25) is 4.90 Å². The molecule has 2 rings (SSSR count). The van der Waals surface area contributed by atoms with Gasteiger partial charge in [-0.1, -0.05) is 23.7 Å². The first-order valence-electron chi connectivity index (χ1n) is 6.08. The number of hydrogen-bond acceptors (Lipinski definition) is 2. The van der Waals surface area contributed by atoms with Crippen molar-refractivity contribution >= 4 is 11.6 Å². The van der Waals surface area contributed by atoms with E-state index in [-0.39, 0.29) is 5.02 Å². The molecule has 1 saturated carbocycles. The average Bonchev–Trinajstić information content (AvgIpc) is 3.03. The van der Waals surface area contributed by atoms with Crippen molar-refractivity contribution in [2.75, 3.05) is 19.6 Å². The van der Waals surface area contributed by atoms with Gasteiger partial charge in [0.05, 0.1) is 5.02 Å². The van der Waals surface area contributed by atoms with Crippen molar-refractivity contribution in [3.63, 3.8) is 0 Å². The Hall–Kier alpha value is -0.710. The average molecular weight is 275 g/mol. The Morgan fingerprint density at radius 2 is 2.11 bits per heavy atom. The Kier molecular flexibility index (Phi) is 4.20. The fourth-order valence-electron chi connectivity index (χ4n) is 2.00.